The number of carbonyl (C=O) groups is 3. The first-order chi connectivity index (χ1) is 22.1. The Balaban J connectivity index is 1.21. The number of thiophene rings is 1. The van der Waals surface area contributed by atoms with Gasteiger partial charge in [-0.15, -0.1) is 11.3 Å². The van der Waals surface area contributed by atoms with Crippen LogP contribution in [0.15, 0.2) is 47.3 Å². The molecule has 2 aromatic heterocycles. The minimum Gasteiger partial charge on any atom is -0.486 e. The quantitative estimate of drug-likeness (QED) is 0.267. The van der Waals surface area contributed by atoms with Crippen LogP contribution in [0.3, 0.4) is 0 Å². The smallest absolute Gasteiger partial charge is 0.412 e. The molecule has 1 aromatic carbocycles. The second-order valence-electron chi connectivity index (χ2n) is 11.8. The number of carbonyl (C=O) groups excluding carboxylic acids is 3. The van der Waals surface area contributed by atoms with Crippen molar-refractivity contribution in [3.05, 3.63) is 58.5 Å². The first-order valence-electron chi connectivity index (χ1n) is 15.2. The minimum atomic E-state index is -0.653. The molecule has 4 amide bonds. The fourth-order valence-corrected chi connectivity index (χ4v) is 5.56. The van der Waals surface area contributed by atoms with Gasteiger partial charge in [0.05, 0.1) is 24.6 Å². The Morgan fingerprint density at radius 2 is 1.70 bits per heavy atom. The van der Waals surface area contributed by atoms with E-state index in [1.807, 2.05) is 0 Å². The van der Waals surface area contributed by atoms with Crippen molar-refractivity contribution >= 4 is 46.4 Å². The summed E-state index contributed by atoms with van der Waals surface area (Å²) in [5.74, 6) is 0.809. The first kappa shape index (κ1) is 33.0. The van der Waals surface area contributed by atoms with Gasteiger partial charge in [-0.2, -0.15) is 0 Å². The Bertz CT molecular complexity index is 1500. The van der Waals surface area contributed by atoms with E-state index in [-0.39, 0.29) is 11.7 Å². The van der Waals surface area contributed by atoms with Gasteiger partial charge in [0.15, 0.2) is 11.5 Å². The van der Waals surface area contributed by atoms with E-state index in [2.05, 4.69) is 25.8 Å². The molecule has 13 nitrogen and oxygen atoms in total. The number of nitrogens with zero attached hydrogens (tertiary/aromatic N) is 3. The van der Waals surface area contributed by atoms with E-state index in [4.69, 9.17) is 18.9 Å². The zero-order chi connectivity index (χ0) is 32.5. The number of hydrogen-bond donors (Lipinski definition) is 3. The lowest BCUT2D eigenvalue weighted by molar-refractivity contribution is 0.0365. The number of ether oxygens (including phenoxy) is 4. The second kappa shape index (κ2) is 15.3. The molecule has 0 radical (unpaired) electrons. The Kier molecular flexibility index (Phi) is 10.9. The molecule has 2 aliphatic heterocycles. The maximum absolute atomic E-state index is 13.5. The molecule has 3 N–H and O–H groups in total. The largest absolute Gasteiger partial charge is 0.486 e. The Hall–Kier alpha value is -4.40. The van der Waals surface area contributed by atoms with Crippen molar-refractivity contribution in [1.29, 1.82) is 0 Å². The van der Waals surface area contributed by atoms with Gasteiger partial charge in [-0.05, 0) is 51.0 Å². The van der Waals surface area contributed by atoms with Crippen LogP contribution in [0.1, 0.15) is 43.2 Å². The third-order valence-corrected chi connectivity index (χ3v) is 7.81. The number of rotatable bonds is 10. The topological polar surface area (TPSA) is 144 Å². The lowest BCUT2D eigenvalue weighted by Gasteiger charge is -2.28. The zero-order valence-electron chi connectivity index (χ0n) is 26.3. The number of nitrogens with one attached hydrogen (secondary N) is 3. The summed E-state index contributed by atoms with van der Waals surface area (Å²) in [7, 11) is 0. The Morgan fingerprint density at radius 3 is 2.41 bits per heavy atom. The molecule has 5 rings (SSSR count). The van der Waals surface area contributed by atoms with Crippen molar-refractivity contribution in [3.63, 3.8) is 0 Å². The molecule has 3 aromatic rings. The number of anilines is 3. The summed E-state index contributed by atoms with van der Waals surface area (Å²) in [4.78, 5) is 47.1. The van der Waals surface area contributed by atoms with E-state index in [1.165, 1.54) is 11.3 Å². The molecular formula is C32H40N6O7S. The van der Waals surface area contributed by atoms with Crippen LogP contribution in [0.2, 0.25) is 0 Å². The van der Waals surface area contributed by atoms with Crippen molar-refractivity contribution in [2.24, 2.45) is 0 Å². The molecule has 14 heteroatoms. The number of benzene rings is 1. The van der Waals surface area contributed by atoms with Crippen LogP contribution in [0, 0.1) is 0 Å². The number of hydrogen-bond acceptors (Lipinski definition) is 10. The van der Waals surface area contributed by atoms with Crippen LogP contribution >= 0.6 is 11.3 Å². The van der Waals surface area contributed by atoms with E-state index in [0.29, 0.717) is 68.1 Å². The van der Waals surface area contributed by atoms with Crippen molar-refractivity contribution < 1.29 is 33.3 Å². The molecule has 0 aliphatic carbocycles. The average Bonchev–Trinajstić information content (AvgIpc) is 3.46. The van der Waals surface area contributed by atoms with E-state index < -0.39 is 17.6 Å². The highest BCUT2D eigenvalue weighted by Crippen LogP contribution is 2.33. The minimum absolute atomic E-state index is 0.192. The summed E-state index contributed by atoms with van der Waals surface area (Å²) in [5, 5.41) is 11.9. The second-order valence-corrected chi connectivity index (χ2v) is 12.6. The number of amides is 4. The lowest BCUT2D eigenvalue weighted by atomic mass is 10.2. The normalized spacial score (nSPS) is 14.7. The Labute approximate surface area is 272 Å². The maximum atomic E-state index is 13.5. The summed E-state index contributed by atoms with van der Waals surface area (Å²) >= 11 is 1.33. The molecule has 0 unspecified atom stereocenters. The highest BCUT2D eigenvalue weighted by atomic mass is 32.1. The van der Waals surface area contributed by atoms with Gasteiger partial charge in [-0.25, -0.2) is 9.59 Å². The van der Waals surface area contributed by atoms with E-state index in [1.54, 1.807) is 73.0 Å². The van der Waals surface area contributed by atoms with Crippen LogP contribution in [0.25, 0.3) is 0 Å². The van der Waals surface area contributed by atoms with Crippen molar-refractivity contribution in [3.8, 4) is 11.5 Å². The molecule has 246 valence electrons. The highest BCUT2D eigenvalue weighted by Gasteiger charge is 2.21. The van der Waals surface area contributed by atoms with Crippen molar-refractivity contribution in [1.82, 2.24) is 14.8 Å². The molecule has 1 fully saturated rings. The summed E-state index contributed by atoms with van der Waals surface area (Å²) in [6, 6.07) is 8.46. The molecule has 46 heavy (non-hydrogen) atoms. The van der Waals surface area contributed by atoms with Gasteiger partial charge < -0.3 is 34.5 Å². The molecule has 4 heterocycles. The number of fused-ring (bicyclic) bond motifs is 1. The van der Waals surface area contributed by atoms with Crippen LogP contribution in [0.5, 0.6) is 11.5 Å². The number of urea groups is 1. The van der Waals surface area contributed by atoms with E-state index >= 15 is 0 Å². The van der Waals surface area contributed by atoms with Gasteiger partial charge in [-0.1, -0.05) is 6.07 Å². The average molecular weight is 653 g/mol. The van der Waals surface area contributed by atoms with Gasteiger partial charge in [0.25, 0.3) is 5.91 Å². The fourth-order valence-electron chi connectivity index (χ4n) is 4.85. The molecule has 0 spiro atoms. The molecule has 0 saturated carbocycles. The maximum Gasteiger partial charge on any atom is 0.412 e. The van der Waals surface area contributed by atoms with Crippen molar-refractivity contribution in [2.75, 3.05) is 68.6 Å². The van der Waals surface area contributed by atoms with Crippen LogP contribution < -0.4 is 25.4 Å². The van der Waals surface area contributed by atoms with Gasteiger partial charge in [-0.3, -0.25) is 20.0 Å². The third-order valence-electron chi connectivity index (χ3n) is 7.06. The number of pyridine rings is 1. The SMILES string of the molecule is CC(C)(C)OC(=O)Nc1cscc1NC(=O)c1ccc(CN(CCCN2CCOCC2)C(=O)Nc2ccc3c(c2)OCCO3)cn1. The third kappa shape index (κ3) is 9.55. The van der Waals surface area contributed by atoms with Crippen molar-refractivity contribution in [2.45, 2.75) is 39.3 Å². The van der Waals surface area contributed by atoms with Crippen LogP contribution in [-0.2, 0) is 16.0 Å². The van der Waals surface area contributed by atoms with Crippen LogP contribution in [-0.4, -0.2) is 91.0 Å². The highest BCUT2D eigenvalue weighted by molar-refractivity contribution is 7.09. The number of aromatic nitrogens is 1. The summed E-state index contributed by atoms with van der Waals surface area (Å²) in [6.07, 6.45) is 1.76. The molecule has 0 bridgehead atoms. The molecule has 2 aliphatic rings. The summed E-state index contributed by atoms with van der Waals surface area (Å²) in [6.45, 7) is 11.1. The van der Waals surface area contributed by atoms with Crippen LogP contribution in [0.4, 0.5) is 26.7 Å². The molecular weight excluding hydrogens is 612 g/mol. The van der Waals surface area contributed by atoms with Gasteiger partial charge in [0.2, 0.25) is 0 Å². The van der Waals surface area contributed by atoms with Gasteiger partial charge >= 0.3 is 12.1 Å². The number of morpholine rings is 1. The zero-order valence-corrected chi connectivity index (χ0v) is 27.1. The van der Waals surface area contributed by atoms with E-state index in [9.17, 15) is 14.4 Å². The first-order valence-corrected chi connectivity index (χ1v) is 16.2. The van der Waals surface area contributed by atoms with E-state index in [0.717, 1.165) is 31.6 Å². The van der Waals surface area contributed by atoms with Gasteiger partial charge in [0, 0.05) is 61.4 Å². The van der Waals surface area contributed by atoms with Gasteiger partial charge in [0.1, 0.15) is 24.5 Å². The predicted molar refractivity (Wildman–Crippen MR) is 175 cm³/mol. The molecule has 1 saturated heterocycles. The predicted octanol–water partition coefficient (Wildman–Crippen LogP) is 5.27. The monoisotopic (exact) mass is 652 g/mol. The fraction of sp³-hybridized carbons (Fsp3) is 0.438. The lowest BCUT2D eigenvalue weighted by Crippen LogP contribution is -2.40. The molecule has 0 atom stereocenters. The summed E-state index contributed by atoms with van der Waals surface area (Å²) in [5.41, 5.74) is 1.78. The Morgan fingerprint density at radius 1 is 0.957 bits per heavy atom. The summed E-state index contributed by atoms with van der Waals surface area (Å²) < 4.78 is 22.0. The standard InChI is InChI=1S/C32H40N6O7S/c1-32(2,3)45-31(41)36-26-21-46-20-25(26)35-29(39)24-7-5-22(18-33-24)19-38(10-4-9-37-11-13-42-14-12-37)30(40)34-23-6-8-27-28(17-23)44-16-15-43-27/h5-8,17-18,20-21H,4,9-16,19H2,1-3H3,(H,34,40)(H,35,39)(H,36,41).